The molecule has 1 saturated heterocycles. The number of nitrogens with one attached hydrogen (secondary N) is 1. The third kappa shape index (κ3) is 3.13. The van der Waals surface area contributed by atoms with Crippen molar-refractivity contribution in [3.63, 3.8) is 0 Å². The standard InChI is InChI=1S/C17H16ClN3O3S2/c18-11-3-1-10(2-4-11)13-8-25-17(20-13)15-14(22)7-21(16(15)19)12-5-6-26(23,24)9-12/h1-4,8,12,19,22H,5-7,9H2/t12-/m1/s1. The lowest BCUT2D eigenvalue weighted by molar-refractivity contribution is 0.309. The molecule has 0 radical (unpaired) electrons. The van der Waals surface area contributed by atoms with Gasteiger partial charge in [0.1, 0.15) is 16.6 Å². The molecule has 2 aliphatic heterocycles. The minimum Gasteiger partial charge on any atom is -0.510 e. The Hall–Kier alpha value is -1.90. The summed E-state index contributed by atoms with van der Waals surface area (Å²) in [5.41, 5.74) is 2.04. The number of aromatic nitrogens is 1. The first-order valence-electron chi connectivity index (χ1n) is 8.04. The topological polar surface area (TPSA) is 94.3 Å². The van der Waals surface area contributed by atoms with Crippen molar-refractivity contribution >= 4 is 44.2 Å². The van der Waals surface area contributed by atoms with Gasteiger partial charge in [-0.15, -0.1) is 11.3 Å². The summed E-state index contributed by atoms with van der Waals surface area (Å²) >= 11 is 7.26. The number of thiazole rings is 1. The number of halogens is 1. The maximum atomic E-state index is 11.7. The molecule has 6 nitrogen and oxygen atoms in total. The van der Waals surface area contributed by atoms with Crippen LogP contribution in [0.2, 0.25) is 5.02 Å². The van der Waals surface area contributed by atoms with Crippen LogP contribution in [0.5, 0.6) is 0 Å². The maximum Gasteiger partial charge on any atom is 0.152 e. The number of sulfone groups is 1. The highest BCUT2D eigenvalue weighted by molar-refractivity contribution is 7.91. The summed E-state index contributed by atoms with van der Waals surface area (Å²) in [4.78, 5) is 6.22. The Bertz CT molecular complexity index is 1010. The number of hydrogen-bond acceptors (Lipinski definition) is 6. The molecule has 4 rings (SSSR count). The zero-order chi connectivity index (χ0) is 18.5. The molecule has 1 atom stereocenters. The molecule has 26 heavy (non-hydrogen) atoms. The van der Waals surface area contributed by atoms with E-state index >= 15 is 0 Å². The number of hydrogen-bond donors (Lipinski definition) is 2. The predicted molar refractivity (Wildman–Crippen MR) is 104 cm³/mol. The first-order valence-corrected chi connectivity index (χ1v) is 11.1. The summed E-state index contributed by atoms with van der Waals surface area (Å²) in [6.07, 6.45) is 0.485. The van der Waals surface area contributed by atoms with E-state index in [0.29, 0.717) is 22.0 Å². The molecule has 1 fully saturated rings. The number of nitrogens with zero attached hydrogens (tertiary/aromatic N) is 2. The van der Waals surface area contributed by atoms with Gasteiger partial charge in [-0.05, 0) is 18.6 Å². The van der Waals surface area contributed by atoms with E-state index in [4.69, 9.17) is 17.0 Å². The molecule has 0 bridgehead atoms. The fraction of sp³-hybridized carbons (Fsp3) is 0.294. The van der Waals surface area contributed by atoms with Crippen molar-refractivity contribution in [1.29, 1.82) is 5.41 Å². The minimum atomic E-state index is -3.05. The number of benzene rings is 1. The summed E-state index contributed by atoms with van der Waals surface area (Å²) in [6.45, 7) is 0.157. The van der Waals surface area contributed by atoms with Gasteiger partial charge in [-0.2, -0.15) is 0 Å². The SMILES string of the molecule is N=C1C(c2nc(-c3ccc(Cl)cc3)cs2)=C(O)CN1[C@@H]1CCS(=O)(=O)C1. The van der Waals surface area contributed by atoms with Crippen molar-refractivity contribution in [3.8, 4) is 11.3 Å². The van der Waals surface area contributed by atoms with Gasteiger partial charge in [-0.25, -0.2) is 13.4 Å². The molecule has 3 heterocycles. The normalized spacial score (nSPS) is 22.4. The number of aliphatic hydroxyl groups is 1. The van der Waals surface area contributed by atoms with Crippen molar-refractivity contribution < 1.29 is 13.5 Å². The zero-order valence-electron chi connectivity index (χ0n) is 13.6. The second-order valence-corrected chi connectivity index (χ2v) is 9.92. The highest BCUT2D eigenvalue weighted by atomic mass is 35.5. The summed E-state index contributed by atoms with van der Waals surface area (Å²) < 4.78 is 23.5. The van der Waals surface area contributed by atoms with Crippen LogP contribution >= 0.6 is 22.9 Å². The largest absolute Gasteiger partial charge is 0.510 e. The van der Waals surface area contributed by atoms with Gasteiger partial charge in [0.2, 0.25) is 0 Å². The molecule has 1 aromatic heterocycles. The van der Waals surface area contributed by atoms with E-state index in [1.54, 1.807) is 17.0 Å². The molecular weight excluding hydrogens is 394 g/mol. The molecular formula is C17H16ClN3O3S2. The average molecular weight is 410 g/mol. The number of rotatable bonds is 3. The van der Waals surface area contributed by atoms with Gasteiger partial charge < -0.3 is 10.0 Å². The maximum absolute atomic E-state index is 11.7. The number of aliphatic hydroxyl groups excluding tert-OH is 1. The Labute approximate surface area is 160 Å². The van der Waals surface area contributed by atoms with Gasteiger partial charge in [0, 0.05) is 22.0 Å². The Morgan fingerprint density at radius 1 is 1.31 bits per heavy atom. The lowest BCUT2D eigenvalue weighted by atomic mass is 10.2. The van der Waals surface area contributed by atoms with Gasteiger partial charge in [0.25, 0.3) is 0 Å². The monoisotopic (exact) mass is 409 g/mol. The van der Waals surface area contributed by atoms with E-state index in [-0.39, 0.29) is 35.7 Å². The molecule has 0 aliphatic carbocycles. The van der Waals surface area contributed by atoms with Crippen LogP contribution in [0.15, 0.2) is 35.4 Å². The zero-order valence-corrected chi connectivity index (χ0v) is 16.0. The van der Waals surface area contributed by atoms with Crippen molar-refractivity contribution in [2.45, 2.75) is 12.5 Å². The number of amidine groups is 1. The molecule has 0 spiro atoms. The van der Waals surface area contributed by atoms with Crippen LogP contribution in [0.3, 0.4) is 0 Å². The van der Waals surface area contributed by atoms with Crippen LogP contribution in [0, 0.1) is 5.41 Å². The van der Waals surface area contributed by atoms with Crippen LogP contribution in [0.4, 0.5) is 0 Å². The third-order valence-corrected chi connectivity index (χ3v) is 7.50. The van der Waals surface area contributed by atoms with Crippen molar-refractivity contribution in [1.82, 2.24) is 9.88 Å². The summed E-state index contributed by atoms with van der Waals surface area (Å²) in [6, 6.07) is 7.04. The van der Waals surface area contributed by atoms with E-state index < -0.39 is 9.84 Å². The van der Waals surface area contributed by atoms with Gasteiger partial charge in [0.15, 0.2) is 9.84 Å². The summed E-state index contributed by atoms with van der Waals surface area (Å²) in [7, 11) is -3.05. The molecule has 2 aromatic rings. The summed E-state index contributed by atoms with van der Waals surface area (Å²) in [5.74, 6) is 0.372. The molecule has 136 valence electrons. The van der Waals surface area contributed by atoms with Crippen molar-refractivity contribution in [2.24, 2.45) is 0 Å². The molecule has 9 heteroatoms. The van der Waals surface area contributed by atoms with E-state index in [9.17, 15) is 13.5 Å². The molecule has 1 aromatic carbocycles. The lowest BCUT2D eigenvalue weighted by Crippen LogP contribution is -2.38. The van der Waals surface area contributed by atoms with Gasteiger partial charge in [-0.1, -0.05) is 23.7 Å². The molecule has 0 unspecified atom stereocenters. The lowest BCUT2D eigenvalue weighted by Gasteiger charge is -2.24. The van der Waals surface area contributed by atoms with Crippen LogP contribution in [0.1, 0.15) is 11.4 Å². The van der Waals surface area contributed by atoms with Crippen LogP contribution in [-0.2, 0) is 9.84 Å². The summed E-state index contributed by atoms with van der Waals surface area (Å²) in [5, 5.41) is 21.9. The Balaban J connectivity index is 1.59. The highest BCUT2D eigenvalue weighted by Crippen LogP contribution is 2.34. The van der Waals surface area contributed by atoms with Crippen LogP contribution in [-0.4, -0.2) is 53.3 Å². The predicted octanol–water partition coefficient (Wildman–Crippen LogP) is 3.21. The fourth-order valence-electron chi connectivity index (χ4n) is 3.30. The molecule has 0 saturated carbocycles. The van der Waals surface area contributed by atoms with Crippen molar-refractivity contribution in [3.05, 3.63) is 45.4 Å². The van der Waals surface area contributed by atoms with E-state index in [0.717, 1.165) is 11.3 Å². The van der Waals surface area contributed by atoms with Gasteiger partial charge in [0.05, 0.1) is 29.3 Å². The molecule has 2 N–H and O–H groups in total. The molecule has 0 amide bonds. The smallest absolute Gasteiger partial charge is 0.152 e. The van der Waals surface area contributed by atoms with Crippen molar-refractivity contribution in [2.75, 3.05) is 18.1 Å². The van der Waals surface area contributed by atoms with E-state index in [1.807, 2.05) is 17.5 Å². The third-order valence-electron chi connectivity index (χ3n) is 4.64. The Morgan fingerprint density at radius 3 is 2.69 bits per heavy atom. The molecule has 2 aliphatic rings. The average Bonchev–Trinajstić information content (AvgIpc) is 3.26. The Morgan fingerprint density at radius 2 is 2.04 bits per heavy atom. The van der Waals surface area contributed by atoms with Gasteiger partial charge in [-0.3, -0.25) is 5.41 Å². The second kappa shape index (κ2) is 6.37. The van der Waals surface area contributed by atoms with E-state index in [2.05, 4.69) is 4.98 Å². The Kier molecular flexibility index (Phi) is 4.29. The first kappa shape index (κ1) is 17.5. The van der Waals surface area contributed by atoms with Gasteiger partial charge >= 0.3 is 0 Å². The van der Waals surface area contributed by atoms with Crippen LogP contribution < -0.4 is 0 Å². The van der Waals surface area contributed by atoms with Crippen LogP contribution in [0.25, 0.3) is 16.8 Å². The van der Waals surface area contributed by atoms with E-state index in [1.165, 1.54) is 11.3 Å². The quantitative estimate of drug-likeness (QED) is 0.811. The second-order valence-electron chi connectivity index (χ2n) is 6.40. The minimum absolute atomic E-state index is 0.0316. The first-order chi connectivity index (χ1) is 12.3. The highest BCUT2D eigenvalue weighted by Gasteiger charge is 2.39. The fourth-order valence-corrected chi connectivity index (χ4v) is 6.05.